The molecular weight excluding hydrogens is 444 g/mol. The highest BCUT2D eigenvalue weighted by Gasteiger charge is 2.49. The quantitative estimate of drug-likeness (QED) is 0.687. The number of hydrogen-bond acceptors (Lipinski definition) is 5. The van der Waals surface area contributed by atoms with Gasteiger partial charge in [0.15, 0.2) is 21.6 Å². The molecular formula is C21H21ClN2O4S2. The van der Waals surface area contributed by atoms with Gasteiger partial charge in [-0.05, 0) is 55.3 Å². The Labute approximate surface area is 185 Å². The molecule has 0 spiro atoms. The second-order valence-electron chi connectivity index (χ2n) is 7.42. The highest BCUT2D eigenvalue weighted by atomic mass is 35.5. The van der Waals surface area contributed by atoms with Gasteiger partial charge in [0, 0.05) is 16.0 Å². The van der Waals surface area contributed by atoms with Crippen molar-refractivity contribution in [2.45, 2.75) is 25.1 Å². The lowest BCUT2D eigenvalue weighted by Crippen LogP contribution is -2.38. The number of sulfone groups is 1. The predicted molar refractivity (Wildman–Crippen MR) is 122 cm³/mol. The van der Waals surface area contributed by atoms with Crippen LogP contribution in [0.25, 0.3) is 0 Å². The van der Waals surface area contributed by atoms with Crippen LogP contribution in [0.1, 0.15) is 11.1 Å². The van der Waals surface area contributed by atoms with E-state index in [4.69, 9.17) is 16.3 Å². The average molecular weight is 465 g/mol. The molecule has 0 N–H and O–H groups in total. The maximum Gasteiger partial charge on any atom is 0.285 e. The minimum absolute atomic E-state index is 0.0620. The van der Waals surface area contributed by atoms with E-state index in [0.717, 1.165) is 16.8 Å². The predicted octanol–water partition coefficient (Wildman–Crippen LogP) is 3.64. The molecule has 4 rings (SSSR count). The number of thioether (sulfide) groups is 1. The molecule has 2 aliphatic rings. The summed E-state index contributed by atoms with van der Waals surface area (Å²) < 4.78 is 29.9. The number of amides is 1. The van der Waals surface area contributed by atoms with Gasteiger partial charge in [-0.15, -0.1) is 0 Å². The van der Waals surface area contributed by atoms with E-state index in [9.17, 15) is 13.2 Å². The van der Waals surface area contributed by atoms with Gasteiger partial charge in [0.1, 0.15) is 5.75 Å². The summed E-state index contributed by atoms with van der Waals surface area (Å²) in [5.41, 5.74) is 3.02. The number of hydrogen-bond donors (Lipinski definition) is 0. The molecule has 158 valence electrons. The molecule has 2 saturated heterocycles. The summed E-state index contributed by atoms with van der Waals surface area (Å²) >= 11 is 7.21. The number of ether oxygens (including phenoxy) is 1. The van der Waals surface area contributed by atoms with E-state index < -0.39 is 15.7 Å². The summed E-state index contributed by atoms with van der Waals surface area (Å²) in [5.74, 6) is 0.261. The maximum atomic E-state index is 12.5. The van der Waals surface area contributed by atoms with Crippen LogP contribution in [-0.4, -0.2) is 48.9 Å². The highest BCUT2D eigenvalue weighted by Crippen LogP contribution is 2.42. The number of rotatable bonds is 4. The number of carbonyl (C=O) groups is 1. The third kappa shape index (κ3) is 4.36. The van der Waals surface area contributed by atoms with Crippen LogP contribution in [0.15, 0.2) is 47.5 Å². The molecule has 0 aromatic heterocycles. The van der Waals surface area contributed by atoms with Crippen LogP contribution in [-0.2, 0) is 14.6 Å². The number of anilines is 1. The average Bonchev–Trinajstić information content (AvgIpc) is 3.14. The fraction of sp³-hybridized carbons (Fsp3) is 0.333. The van der Waals surface area contributed by atoms with Gasteiger partial charge >= 0.3 is 0 Å². The van der Waals surface area contributed by atoms with Gasteiger partial charge in [0.2, 0.25) is 0 Å². The summed E-state index contributed by atoms with van der Waals surface area (Å²) in [7, 11) is -3.11. The first kappa shape index (κ1) is 21.2. The molecule has 0 saturated carbocycles. The van der Waals surface area contributed by atoms with Gasteiger partial charge in [0.25, 0.3) is 5.91 Å². The second kappa shape index (κ2) is 8.24. The number of aliphatic imine (C=N–C) groups is 1. The first-order valence-electron chi connectivity index (χ1n) is 9.46. The Bertz CT molecular complexity index is 1120. The Morgan fingerprint density at radius 1 is 1.20 bits per heavy atom. The zero-order chi connectivity index (χ0) is 21.5. The first-order valence-corrected chi connectivity index (χ1v) is 12.5. The summed E-state index contributed by atoms with van der Waals surface area (Å²) in [6.07, 6.45) is 0. The van der Waals surface area contributed by atoms with Crippen LogP contribution in [0.4, 0.5) is 5.69 Å². The standard InChI is InChI=1S/C21H21ClN2O4S2/c1-13-4-3-5-17(14(13)2)24-18-11-30(26,27)12-19(18)29-21(24)23-20(25)10-28-16-8-6-15(22)7-9-16/h3-9,18-19H,10-12H2,1-2H3/t18-,19-/m1/s1. The smallest absolute Gasteiger partial charge is 0.285 e. The SMILES string of the molecule is Cc1cccc(N2C(=NC(=O)COc3ccc(Cl)cc3)S[C@@H]3CS(=O)(=O)C[C@H]32)c1C. The summed E-state index contributed by atoms with van der Waals surface area (Å²) in [4.78, 5) is 18.7. The first-order chi connectivity index (χ1) is 14.2. The zero-order valence-electron chi connectivity index (χ0n) is 16.5. The third-order valence-electron chi connectivity index (χ3n) is 5.30. The molecule has 1 amide bonds. The number of carbonyl (C=O) groups excluding carboxylic acids is 1. The largest absolute Gasteiger partial charge is 0.484 e. The molecule has 0 bridgehead atoms. The highest BCUT2D eigenvalue weighted by molar-refractivity contribution is 8.16. The lowest BCUT2D eigenvalue weighted by atomic mass is 10.1. The van der Waals surface area contributed by atoms with E-state index in [1.54, 1.807) is 24.3 Å². The van der Waals surface area contributed by atoms with Gasteiger partial charge in [-0.2, -0.15) is 4.99 Å². The van der Waals surface area contributed by atoms with Crippen LogP contribution in [0.2, 0.25) is 5.02 Å². The number of amidine groups is 1. The number of fused-ring (bicyclic) bond motifs is 1. The van der Waals surface area contributed by atoms with Gasteiger partial charge in [-0.25, -0.2) is 8.42 Å². The Hall–Kier alpha value is -2.03. The Morgan fingerprint density at radius 3 is 2.67 bits per heavy atom. The second-order valence-corrected chi connectivity index (χ2v) is 11.2. The van der Waals surface area contributed by atoms with Gasteiger partial charge < -0.3 is 9.64 Å². The molecule has 2 heterocycles. The minimum atomic E-state index is -3.11. The van der Waals surface area contributed by atoms with Crippen molar-refractivity contribution in [3.63, 3.8) is 0 Å². The molecule has 2 fully saturated rings. The Kier molecular flexibility index (Phi) is 5.83. The maximum absolute atomic E-state index is 12.5. The van der Waals surface area contributed by atoms with Crippen LogP contribution in [0.3, 0.4) is 0 Å². The monoisotopic (exact) mass is 464 g/mol. The number of halogens is 1. The number of benzene rings is 2. The summed E-state index contributed by atoms with van der Waals surface area (Å²) in [6, 6.07) is 12.4. The number of nitrogens with zero attached hydrogens (tertiary/aromatic N) is 2. The van der Waals surface area contributed by atoms with Crippen LogP contribution < -0.4 is 9.64 Å². The van der Waals surface area contributed by atoms with Gasteiger partial charge in [0.05, 0.1) is 17.5 Å². The van der Waals surface area contributed by atoms with E-state index in [1.165, 1.54) is 11.8 Å². The van der Waals surface area contributed by atoms with E-state index in [0.29, 0.717) is 15.9 Å². The fourth-order valence-corrected chi connectivity index (χ4v) is 7.71. The van der Waals surface area contributed by atoms with Crippen molar-refractivity contribution in [3.05, 3.63) is 58.6 Å². The van der Waals surface area contributed by atoms with Crippen molar-refractivity contribution in [2.75, 3.05) is 23.0 Å². The van der Waals surface area contributed by atoms with Crippen LogP contribution in [0.5, 0.6) is 5.75 Å². The van der Waals surface area contributed by atoms with Crippen LogP contribution >= 0.6 is 23.4 Å². The van der Waals surface area contributed by atoms with Crippen LogP contribution in [0, 0.1) is 13.8 Å². The minimum Gasteiger partial charge on any atom is -0.484 e. The van der Waals surface area contributed by atoms with Gasteiger partial charge in [-0.3, -0.25) is 4.79 Å². The van der Waals surface area contributed by atoms with Crippen molar-refractivity contribution in [3.8, 4) is 5.75 Å². The lowest BCUT2D eigenvalue weighted by Gasteiger charge is -2.26. The lowest BCUT2D eigenvalue weighted by molar-refractivity contribution is -0.119. The third-order valence-corrected chi connectivity index (χ3v) is 8.76. The molecule has 2 aromatic carbocycles. The number of aryl methyl sites for hydroxylation is 1. The van der Waals surface area contributed by atoms with Crippen molar-refractivity contribution in [1.82, 2.24) is 0 Å². The van der Waals surface area contributed by atoms with E-state index in [-0.39, 0.29) is 29.4 Å². The molecule has 0 unspecified atom stereocenters. The fourth-order valence-electron chi connectivity index (χ4n) is 3.66. The summed E-state index contributed by atoms with van der Waals surface area (Å²) in [6.45, 7) is 3.79. The molecule has 0 radical (unpaired) electrons. The Morgan fingerprint density at radius 2 is 1.93 bits per heavy atom. The molecule has 6 nitrogen and oxygen atoms in total. The topological polar surface area (TPSA) is 76.0 Å². The van der Waals surface area contributed by atoms with E-state index >= 15 is 0 Å². The molecule has 2 atom stereocenters. The zero-order valence-corrected chi connectivity index (χ0v) is 18.9. The van der Waals surface area contributed by atoms with Crippen molar-refractivity contribution in [1.29, 1.82) is 0 Å². The Balaban J connectivity index is 1.59. The van der Waals surface area contributed by atoms with E-state index in [2.05, 4.69) is 4.99 Å². The molecule has 0 aliphatic carbocycles. The molecule has 2 aromatic rings. The van der Waals surface area contributed by atoms with Crippen molar-refractivity contribution >= 4 is 50.0 Å². The molecule has 30 heavy (non-hydrogen) atoms. The normalized spacial score (nSPS) is 23.6. The molecule has 2 aliphatic heterocycles. The van der Waals surface area contributed by atoms with Gasteiger partial charge in [-0.1, -0.05) is 35.5 Å². The summed E-state index contributed by atoms with van der Waals surface area (Å²) in [5, 5.41) is 0.971. The van der Waals surface area contributed by atoms with E-state index in [1.807, 2.05) is 36.9 Å². The molecule has 9 heteroatoms. The van der Waals surface area contributed by atoms with Crippen molar-refractivity contribution in [2.24, 2.45) is 4.99 Å². The van der Waals surface area contributed by atoms with Crippen molar-refractivity contribution < 1.29 is 17.9 Å².